The molecule has 0 unspecified atom stereocenters. The van der Waals surface area contributed by atoms with Gasteiger partial charge in [0, 0.05) is 48.6 Å². The van der Waals surface area contributed by atoms with Crippen molar-refractivity contribution in [2.75, 3.05) is 36.2 Å². The molecular formula is C33H39N7O2S. The zero-order valence-electron chi connectivity index (χ0n) is 24.9. The SMILES string of the molecule is CCN(CC)CCN(c1ccc2c(c1)nc(CCc1ccc(C(=N)N)cc1)n2C)S(=O)(=O)c1cccc2c(N)cccc12. The topological polar surface area (TPSA) is 134 Å². The molecule has 0 saturated carbocycles. The number of sulfonamides is 1. The summed E-state index contributed by atoms with van der Waals surface area (Å²) in [5, 5.41) is 8.91. The van der Waals surface area contributed by atoms with Gasteiger partial charge in [0.1, 0.15) is 11.7 Å². The van der Waals surface area contributed by atoms with Gasteiger partial charge in [-0.2, -0.15) is 0 Å². The number of rotatable bonds is 12. The molecule has 224 valence electrons. The fourth-order valence-corrected chi connectivity index (χ4v) is 7.19. The number of hydrogen-bond donors (Lipinski definition) is 3. The van der Waals surface area contributed by atoms with Gasteiger partial charge in [0.2, 0.25) is 0 Å². The summed E-state index contributed by atoms with van der Waals surface area (Å²) in [6.45, 7) is 6.70. The lowest BCUT2D eigenvalue weighted by Gasteiger charge is -2.28. The number of hydrogen-bond acceptors (Lipinski definition) is 6. The van der Waals surface area contributed by atoms with Crippen LogP contribution in [-0.4, -0.2) is 54.9 Å². The number of fused-ring (bicyclic) bond motifs is 2. The van der Waals surface area contributed by atoms with Crippen molar-refractivity contribution in [1.82, 2.24) is 14.5 Å². The van der Waals surface area contributed by atoms with E-state index in [4.69, 9.17) is 21.9 Å². The lowest BCUT2D eigenvalue weighted by Crippen LogP contribution is -2.39. The maximum atomic E-state index is 14.4. The molecule has 5 rings (SSSR count). The van der Waals surface area contributed by atoms with Gasteiger partial charge in [-0.25, -0.2) is 13.4 Å². The molecule has 0 bridgehead atoms. The first-order chi connectivity index (χ1) is 20.6. The lowest BCUT2D eigenvalue weighted by atomic mass is 10.1. The molecule has 9 nitrogen and oxygen atoms in total. The number of anilines is 2. The van der Waals surface area contributed by atoms with Gasteiger partial charge < -0.3 is 20.9 Å². The fourth-order valence-electron chi connectivity index (χ4n) is 5.53. The molecule has 0 aliphatic rings. The third kappa shape index (κ3) is 6.07. The van der Waals surface area contributed by atoms with E-state index < -0.39 is 10.0 Å². The summed E-state index contributed by atoms with van der Waals surface area (Å²) in [7, 11) is -1.96. The molecular weight excluding hydrogens is 558 g/mol. The highest BCUT2D eigenvalue weighted by Crippen LogP contribution is 2.33. The Labute approximate surface area is 253 Å². The Bertz CT molecular complexity index is 1880. The van der Waals surface area contributed by atoms with E-state index in [1.54, 1.807) is 24.3 Å². The minimum absolute atomic E-state index is 0.0513. The van der Waals surface area contributed by atoms with Crippen molar-refractivity contribution >= 4 is 49.0 Å². The zero-order chi connectivity index (χ0) is 30.7. The predicted molar refractivity (Wildman–Crippen MR) is 176 cm³/mol. The minimum Gasteiger partial charge on any atom is -0.398 e. The summed E-state index contributed by atoms with van der Waals surface area (Å²) >= 11 is 0. The van der Waals surface area contributed by atoms with E-state index in [1.165, 1.54) is 4.31 Å². The molecule has 5 N–H and O–H groups in total. The van der Waals surface area contributed by atoms with Crippen LogP contribution in [-0.2, 0) is 29.9 Å². The molecule has 0 aliphatic carbocycles. The maximum Gasteiger partial charge on any atom is 0.264 e. The number of aryl methyl sites for hydroxylation is 3. The molecule has 0 atom stereocenters. The van der Waals surface area contributed by atoms with Crippen molar-refractivity contribution in [2.24, 2.45) is 12.8 Å². The second-order valence-electron chi connectivity index (χ2n) is 10.7. The molecule has 1 aromatic heterocycles. The lowest BCUT2D eigenvalue weighted by molar-refractivity contribution is 0.313. The van der Waals surface area contributed by atoms with Gasteiger partial charge >= 0.3 is 0 Å². The van der Waals surface area contributed by atoms with Crippen LogP contribution in [0, 0.1) is 5.41 Å². The molecule has 10 heteroatoms. The summed E-state index contributed by atoms with van der Waals surface area (Å²) in [4.78, 5) is 7.36. The number of nitrogens with one attached hydrogen (secondary N) is 1. The second-order valence-corrected chi connectivity index (χ2v) is 12.5. The van der Waals surface area contributed by atoms with Crippen molar-refractivity contribution < 1.29 is 8.42 Å². The van der Waals surface area contributed by atoms with Crippen LogP contribution in [0.4, 0.5) is 11.4 Å². The van der Waals surface area contributed by atoms with Crippen LogP contribution in [0.3, 0.4) is 0 Å². The summed E-state index contributed by atoms with van der Waals surface area (Å²) < 4.78 is 32.4. The quantitative estimate of drug-likeness (QED) is 0.106. The smallest absolute Gasteiger partial charge is 0.264 e. The Morgan fingerprint density at radius 2 is 1.60 bits per heavy atom. The highest BCUT2D eigenvalue weighted by molar-refractivity contribution is 7.93. The number of amidine groups is 1. The molecule has 5 aromatic rings. The van der Waals surface area contributed by atoms with Gasteiger partial charge in [-0.15, -0.1) is 0 Å². The molecule has 0 aliphatic heterocycles. The summed E-state index contributed by atoms with van der Waals surface area (Å²) in [6.07, 6.45) is 1.48. The van der Waals surface area contributed by atoms with Gasteiger partial charge in [0.15, 0.2) is 0 Å². The highest BCUT2D eigenvalue weighted by Gasteiger charge is 2.28. The van der Waals surface area contributed by atoms with Crippen molar-refractivity contribution in [3.8, 4) is 0 Å². The Balaban J connectivity index is 1.51. The number of nitrogens with two attached hydrogens (primary N) is 2. The Morgan fingerprint density at radius 3 is 2.30 bits per heavy atom. The van der Waals surface area contributed by atoms with Crippen LogP contribution in [0.15, 0.2) is 83.8 Å². The number of imidazole rings is 1. The number of likely N-dealkylation sites (N-methyl/N-ethyl adjacent to an activating group) is 1. The average molecular weight is 598 g/mol. The zero-order valence-corrected chi connectivity index (χ0v) is 25.7. The molecule has 43 heavy (non-hydrogen) atoms. The van der Waals surface area contributed by atoms with E-state index in [0.29, 0.717) is 47.2 Å². The first-order valence-electron chi connectivity index (χ1n) is 14.5. The van der Waals surface area contributed by atoms with E-state index in [-0.39, 0.29) is 10.7 Å². The monoisotopic (exact) mass is 597 g/mol. The van der Waals surface area contributed by atoms with E-state index >= 15 is 0 Å². The molecule has 0 fully saturated rings. The normalized spacial score (nSPS) is 11.9. The van der Waals surface area contributed by atoms with E-state index in [0.717, 1.165) is 41.9 Å². The number of nitrogen functional groups attached to an aromatic ring is 2. The molecule has 0 amide bonds. The average Bonchev–Trinajstić information content (AvgIpc) is 3.32. The molecule has 1 heterocycles. The largest absolute Gasteiger partial charge is 0.398 e. The number of nitrogens with zero attached hydrogens (tertiary/aromatic N) is 4. The van der Waals surface area contributed by atoms with Crippen molar-refractivity contribution in [3.63, 3.8) is 0 Å². The van der Waals surface area contributed by atoms with Crippen molar-refractivity contribution in [3.05, 3.63) is 95.8 Å². The maximum absolute atomic E-state index is 14.4. The van der Waals surface area contributed by atoms with E-state index in [2.05, 4.69) is 23.3 Å². The number of benzene rings is 4. The Kier molecular flexibility index (Phi) is 8.70. The van der Waals surface area contributed by atoms with Gasteiger partial charge in [-0.1, -0.05) is 62.4 Å². The van der Waals surface area contributed by atoms with E-state index in [1.807, 2.05) is 61.6 Å². The summed E-state index contributed by atoms with van der Waals surface area (Å²) in [5.41, 5.74) is 16.4. The van der Waals surface area contributed by atoms with Crippen LogP contribution in [0.2, 0.25) is 0 Å². The fraction of sp³-hybridized carbons (Fsp3) is 0.273. The highest BCUT2D eigenvalue weighted by atomic mass is 32.2. The third-order valence-electron chi connectivity index (χ3n) is 8.14. The minimum atomic E-state index is -3.94. The third-order valence-corrected chi connectivity index (χ3v) is 10.0. The standard InChI is InChI=1S/C33H39N7O2S/c1-4-39(5-2)20-21-40(43(41,42)31-11-7-8-26-27(31)9-6-10-28(26)34)25-17-18-30-29(22-25)37-32(38(30)3)19-14-23-12-15-24(16-13-23)33(35)36/h6-13,15-18,22H,4-5,14,19-21,34H2,1-3H3,(H3,35,36). The van der Waals surface area contributed by atoms with Crippen LogP contribution < -0.4 is 15.8 Å². The van der Waals surface area contributed by atoms with Crippen LogP contribution in [0.1, 0.15) is 30.8 Å². The summed E-state index contributed by atoms with van der Waals surface area (Å²) in [6, 6.07) is 24.0. The first-order valence-corrected chi connectivity index (χ1v) is 16.0. The molecule has 0 saturated heterocycles. The van der Waals surface area contributed by atoms with Crippen LogP contribution >= 0.6 is 0 Å². The number of aromatic nitrogens is 2. The summed E-state index contributed by atoms with van der Waals surface area (Å²) in [5.74, 6) is 0.959. The van der Waals surface area contributed by atoms with Crippen molar-refractivity contribution in [2.45, 2.75) is 31.6 Å². The van der Waals surface area contributed by atoms with Crippen molar-refractivity contribution in [1.29, 1.82) is 5.41 Å². The second kappa shape index (κ2) is 12.4. The van der Waals surface area contributed by atoms with Crippen LogP contribution in [0.25, 0.3) is 21.8 Å². The Hall–Kier alpha value is -4.41. The van der Waals surface area contributed by atoms with Gasteiger partial charge in [-0.3, -0.25) is 9.71 Å². The van der Waals surface area contributed by atoms with Gasteiger partial charge in [0.25, 0.3) is 10.0 Å². The molecule has 4 aromatic carbocycles. The van der Waals surface area contributed by atoms with Gasteiger partial charge in [0.05, 0.1) is 21.6 Å². The van der Waals surface area contributed by atoms with E-state index in [9.17, 15) is 8.42 Å². The van der Waals surface area contributed by atoms with Crippen LogP contribution in [0.5, 0.6) is 0 Å². The van der Waals surface area contributed by atoms with Gasteiger partial charge in [-0.05, 0) is 55.4 Å². The predicted octanol–water partition coefficient (Wildman–Crippen LogP) is 4.92. The molecule has 0 radical (unpaired) electrons. The first kappa shape index (κ1) is 30.1. The molecule has 0 spiro atoms. The Morgan fingerprint density at radius 1 is 0.907 bits per heavy atom.